The third-order valence-electron chi connectivity index (χ3n) is 3.79. The summed E-state index contributed by atoms with van der Waals surface area (Å²) in [6.45, 7) is 12.5. The lowest BCUT2D eigenvalue weighted by atomic mass is 10.0. The molecule has 0 spiro atoms. The zero-order valence-electron chi connectivity index (χ0n) is 12.7. The van der Waals surface area contributed by atoms with Crippen LogP contribution in [0.25, 0.3) is 0 Å². The number of hydrogen-bond donors (Lipinski definition) is 1. The van der Waals surface area contributed by atoms with Crippen molar-refractivity contribution in [2.45, 2.75) is 59.2 Å². The van der Waals surface area contributed by atoms with Gasteiger partial charge in [-0.3, -0.25) is 4.68 Å². The van der Waals surface area contributed by atoms with Gasteiger partial charge in [-0.25, -0.2) is 0 Å². The van der Waals surface area contributed by atoms with E-state index in [4.69, 9.17) is 4.74 Å². The van der Waals surface area contributed by atoms with Crippen molar-refractivity contribution in [3.8, 4) is 0 Å². The lowest BCUT2D eigenvalue weighted by molar-refractivity contribution is 0.0599. The van der Waals surface area contributed by atoms with Gasteiger partial charge < -0.3 is 10.1 Å². The predicted molar refractivity (Wildman–Crippen MR) is 77.1 cm³/mol. The fraction of sp³-hybridized carbons (Fsp3) is 0.800. The highest BCUT2D eigenvalue weighted by Crippen LogP contribution is 2.18. The summed E-state index contributed by atoms with van der Waals surface area (Å²) in [5.74, 6) is 0.718. The van der Waals surface area contributed by atoms with Crippen molar-refractivity contribution in [1.29, 1.82) is 0 Å². The van der Waals surface area contributed by atoms with E-state index in [-0.39, 0.29) is 5.54 Å². The van der Waals surface area contributed by atoms with Crippen LogP contribution in [0.4, 0.5) is 0 Å². The van der Waals surface area contributed by atoms with Gasteiger partial charge in [0.15, 0.2) is 0 Å². The molecule has 1 aromatic heterocycles. The molecule has 1 fully saturated rings. The number of rotatable bonds is 4. The third kappa shape index (κ3) is 4.32. The number of ether oxygens (including phenoxy) is 1. The molecule has 108 valence electrons. The van der Waals surface area contributed by atoms with Crippen LogP contribution in [-0.4, -0.2) is 28.5 Å². The highest BCUT2D eigenvalue weighted by atomic mass is 16.5. The topological polar surface area (TPSA) is 39.1 Å². The first-order valence-electron chi connectivity index (χ1n) is 7.30. The van der Waals surface area contributed by atoms with Crippen molar-refractivity contribution in [3.05, 3.63) is 17.5 Å². The molecule has 19 heavy (non-hydrogen) atoms. The highest BCUT2D eigenvalue weighted by Gasteiger charge is 2.17. The summed E-state index contributed by atoms with van der Waals surface area (Å²) < 4.78 is 7.57. The van der Waals surface area contributed by atoms with Crippen LogP contribution in [0.5, 0.6) is 0 Å². The second-order valence-electron chi connectivity index (χ2n) is 6.60. The quantitative estimate of drug-likeness (QED) is 0.909. The molecular formula is C15H27N3O. The van der Waals surface area contributed by atoms with Gasteiger partial charge in [-0.2, -0.15) is 5.10 Å². The molecule has 0 bridgehead atoms. The maximum atomic E-state index is 5.41. The summed E-state index contributed by atoms with van der Waals surface area (Å²) in [6.07, 6.45) is 4.33. The van der Waals surface area contributed by atoms with Crippen LogP contribution in [0.1, 0.15) is 44.9 Å². The van der Waals surface area contributed by atoms with Gasteiger partial charge in [0, 0.05) is 43.1 Å². The smallest absolute Gasteiger partial charge is 0.0537 e. The van der Waals surface area contributed by atoms with Crippen LogP contribution >= 0.6 is 0 Å². The SMILES string of the molecule is Cc1c(CNC(C)(C)C)cnn1CC1CCOCC1. The largest absolute Gasteiger partial charge is 0.381 e. The molecule has 0 aliphatic carbocycles. The Morgan fingerprint density at radius 1 is 1.37 bits per heavy atom. The van der Waals surface area contributed by atoms with Gasteiger partial charge in [0.25, 0.3) is 0 Å². The van der Waals surface area contributed by atoms with Gasteiger partial charge in [0.05, 0.1) is 6.20 Å². The number of nitrogens with one attached hydrogen (secondary N) is 1. The first-order valence-corrected chi connectivity index (χ1v) is 7.30. The fourth-order valence-corrected chi connectivity index (χ4v) is 2.38. The lowest BCUT2D eigenvalue weighted by Crippen LogP contribution is -2.35. The summed E-state index contributed by atoms with van der Waals surface area (Å²) in [6, 6.07) is 0. The third-order valence-corrected chi connectivity index (χ3v) is 3.79. The Labute approximate surface area is 116 Å². The van der Waals surface area contributed by atoms with Crippen LogP contribution in [0.2, 0.25) is 0 Å². The molecule has 0 radical (unpaired) electrons. The second-order valence-corrected chi connectivity index (χ2v) is 6.60. The number of nitrogens with zero attached hydrogens (tertiary/aromatic N) is 2. The van der Waals surface area contributed by atoms with E-state index in [1.165, 1.54) is 11.3 Å². The number of aromatic nitrogens is 2. The van der Waals surface area contributed by atoms with Gasteiger partial charge in [-0.15, -0.1) is 0 Å². The minimum atomic E-state index is 0.148. The molecule has 0 atom stereocenters. The average Bonchev–Trinajstić information content (AvgIpc) is 2.69. The minimum Gasteiger partial charge on any atom is -0.381 e. The second kappa shape index (κ2) is 6.06. The Morgan fingerprint density at radius 3 is 2.68 bits per heavy atom. The van der Waals surface area contributed by atoms with Crippen LogP contribution in [0, 0.1) is 12.8 Å². The lowest BCUT2D eigenvalue weighted by Gasteiger charge is -2.23. The molecule has 2 rings (SSSR count). The minimum absolute atomic E-state index is 0.148. The van der Waals surface area contributed by atoms with Crippen LogP contribution in [-0.2, 0) is 17.8 Å². The molecule has 1 saturated heterocycles. The molecule has 1 aliphatic rings. The van der Waals surface area contributed by atoms with E-state index < -0.39 is 0 Å². The summed E-state index contributed by atoms with van der Waals surface area (Å²) >= 11 is 0. The molecule has 1 N–H and O–H groups in total. The van der Waals surface area contributed by atoms with Gasteiger partial charge in [-0.05, 0) is 46.5 Å². The molecule has 4 nitrogen and oxygen atoms in total. The van der Waals surface area contributed by atoms with Crippen molar-refractivity contribution >= 4 is 0 Å². The Hall–Kier alpha value is -0.870. The molecule has 4 heteroatoms. The number of hydrogen-bond acceptors (Lipinski definition) is 3. The Bertz CT molecular complexity index is 400. The van der Waals surface area contributed by atoms with Crippen LogP contribution in [0.3, 0.4) is 0 Å². The molecule has 0 saturated carbocycles. The standard InChI is InChI=1S/C15H27N3O/c1-12-14(9-16-15(2,3)4)10-17-18(12)11-13-5-7-19-8-6-13/h10,13,16H,5-9,11H2,1-4H3. The predicted octanol–water partition coefficient (Wildman–Crippen LogP) is 2.51. The summed E-state index contributed by atoms with van der Waals surface area (Å²) in [5.41, 5.74) is 2.75. The van der Waals surface area contributed by atoms with E-state index in [0.717, 1.165) is 45.1 Å². The van der Waals surface area contributed by atoms with Crippen molar-refractivity contribution in [1.82, 2.24) is 15.1 Å². The average molecular weight is 265 g/mol. The highest BCUT2D eigenvalue weighted by molar-refractivity contribution is 5.16. The van der Waals surface area contributed by atoms with Gasteiger partial charge >= 0.3 is 0 Å². The fourth-order valence-electron chi connectivity index (χ4n) is 2.38. The Balaban J connectivity index is 1.93. The summed E-state index contributed by atoms with van der Waals surface area (Å²) in [5, 5.41) is 8.07. The molecular weight excluding hydrogens is 238 g/mol. The first-order chi connectivity index (χ1) is 8.96. The van der Waals surface area contributed by atoms with Gasteiger partial charge in [0.1, 0.15) is 0 Å². The zero-order chi connectivity index (χ0) is 13.9. The Kier molecular flexibility index (Phi) is 4.63. The molecule has 0 unspecified atom stereocenters. The monoisotopic (exact) mass is 265 g/mol. The van der Waals surface area contributed by atoms with Gasteiger partial charge in [-0.1, -0.05) is 0 Å². The van der Waals surface area contributed by atoms with Crippen LogP contribution in [0.15, 0.2) is 6.20 Å². The Morgan fingerprint density at radius 2 is 2.05 bits per heavy atom. The van der Waals surface area contributed by atoms with Crippen LogP contribution < -0.4 is 5.32 Å². The molecule has 2 heterocycles. The molecule has 0 amide bonds. The van der Waals surface area contributed by atoms with Gasteiger partial charge in [0.2, 0.25) is 0 Å². The van der Waals surface area contributed by atoms with E-state index in [2.05, 4.69) is 42.8 Å². The maximum absolute atomic E-state index is 5.41. The van der Waals surface area contributed by atoms with E-state index in [1.54, 1.807) is 0 Å². The maximum Gasteiger partial charge on any atom is 0.0537 e. The molecule has 1 aliphatic heterocycles. The van der Waals surface area contributed by atoms with Crippen molar-refractivity contribution in [2.75, 3.05) is 13.2 Å². The van der Waals surface area contributed by atoms with E-state index >= 15 is 0 Å². The van der Waals surface area contributed by atoms with Crippen molar-refractivity contribution in [2.24, 2.45) is 5.92 Å². The molecule has 1 aromatic rings. The van der Waals surface area contributed by atoms with Crippen molar-refractivity contribution < 1.29 is 4.74 Å². The summed E-state index contributed by atoms with van der Waals surface area (Å²) in [4.78, 5) is 0. The van der Waals surface area contributed by atoms with E-state index in [1.807, 2.05) is 6.20 Å². The van der Waals surface area contributed by atoms with Crippen molar-refractivity contribution in [3.63, 3.8) is 0 Å². The first kappa shape index (κ1) is 14.5. The normalized spacial score (nSPS) is 17.9. The van der Waals surface area contributed by atoms with E-state index in [0.29, 0.717) is 0 Å². The summed E-state index contributed by atoms with van der Waals surface area (Å²) in [7, 11) is 0. The molecule has 0 aromatic carbocycles. The van der Waals surface area contributed by atoms with E-state index in [9.17, 15) is 0 Å². The zero-order valence-corrected chi connectivity index (χ0v) is 12.7.